The summed E-state index contributed by atoms with van der Waals surface area (Å²) in [5.41, 5.74) is 1.88. The van der Waals surface area contributed by atoms with Gasteiger partial charge in [-0.3, -0.25) is 9.59 Å². The third kappa shape index (κ3) is 3.68. The predicted molar refractivity (Wildman–Crippen MR) is 91.3 cm³/mol. The summed E-state index contributed by atoms with van der Waals surface area (Å²) in [6.45, 7) is 2.25. The van der Waals surface area contributed by atoms with Gasteiger partial charge in [0.15, 0.2) is 0 Å². The number of hydrogen-bond acceptors (Lipinski definition) is 2. The highest BCUT2D eigenvalue weighted by Gasteiger charge is 2.35. The molecule has 4 nitrogen and oxygen atoms in total. The molecule has 3 rings (SSSR count). The van der Waals surface area contributed by atoms with E-state index in [9.17, 15) is 18.4 Å². The minimum atomic E-state index is -0.767. The Morgan fingerprint density at radius 3 is 2.56 bits per heavy atom. The van der Waals surface area contributed by atoms with Crippen LogP contribution in [0.2, 0.25) is 0 Å². The maximum Gasteiger partial charge on any atom is 0.229 e. The molecule has 1 heterocycles. The number of nitrogens with one attached hydrogen (secondary N) is 1. The molecule has 6 heteroatoms. The summed E-state index contributed by atoms with van der Waals surface area (Å²) in [7, 11) is 0. The van der Waals surface area contributed by atoms with Crippen LogP contribution in [-0.2, 0) is 16.0 Å². The van der Waals surface area contributed by atoms with Gasteiger partial charge in [-0.1, -0.05) is 25.1 Å². The fraction of sp³-hybridized carbons (Fsp3) is 0.263. The van der Waals surface area contributed by atoms with Gasteiger partial charge in [0.2, 0.25) is 11.8 Å². The molecule has 0 aromatic heterocycles. The van der Waals surface area contributed by atoms with Crippen LogP contribution >= 0.6 is 0 Å². The predicted octanol–water partition coefficient (Wildman–Crippen LogP) is 3.52. The van der Waals surface area contributed by atoms with Crippen LogP contribution in [0.5, 0.6) is 0 Å². The molecule has 2 aromatic carbocycles. The number of halogens is 2. The van der Waals surface area contributed by atoms with E-state index in [2.05, 4.69) is 5.32 Å². The fourth-order valence-electron chi connectivity index (χ4n) is 3.06. The average molecular weight is 344 g/mol. The van der Waals surface area contributed by atoms with E-state index in [0.717, 1.165) is 35.9 Å². The van der Waals surface area contributed by atoms with Gasteiger partial charge >= 0.3 is 0 Å². The van der Waals surface area contributed by atoms with E-state index >= 15 is 0 Å². The van der Waals surface area contributed by atoms with Crippen LogP contribution in [0.1, 0.15) is 18.9 Å². The zero-order chi connectivity index (χ0) is 18.0. The van der Waals surface area contributed by atoms with Gasteiger partial charge in [0.05, 0.1) is 5.92 Å². The first-order chi connectivity index (χ1) is 12.0. The molecule has 0 aliphatic carbocycles. The van der Waals surface area contributed by atoms with Gasteiger partial charge in [-0.05, 0) is 30.2 Å². The first-order valence-electron chi connectivity index (χ1n) is 8.13. The van der Waals surface area contributed by atoms with Gasteiger partial charge < -0.3 is 10.2 Å². The van der Waals surface area contributed by atoms with Crippen molar-refractivity contribution in [3.8, 4) is 0 Å². The van der Waals surface area contributed by atoms with Gasteiger partial charge in [-0.25, -0.2) is 8.78 Å². The number of hydrogen-bond donors (Lipinski definition) is 1. The second kappa shape index (κ2) is 7.01. The molecular formula is C19H18F2N2O2. The number of aryl methyl sites for hydroxylation is 1. The fourth-order valence-corrected chi connectivity index (χ4v) is 3.06. The summed E-state index contributed by atoms with van der Waals surface area (Å²) in [4.78, 5) is 26.3. The third-order valence-electron chi connectivity index (χ3n) is 4.29. The normalized spacial score (nSPS) is 17.0. The molecule has 1 unspecified atom stereocenters. The summed E-state index contributed by atoms with van der Waals surface area (Å²) >= 11 is 0. The Kier molecular flexibility index (Phi) is 4.79. The third-order valence-corrected chi connectivity index (χ3v) is 4.29. The van der Waals surface area contributed by atoms with E-state index < -0.39 is 23.5 Å². The molecule has 25 heavy (non-hydrogen) atoms. The Bertz CT molecular complexity index is 803. The van der Waals surface area contributed by atoms with Crippen LogP contribution in [0.25, 0.3) is 0 Å². The second-order valence-corrected chi connectivity index (χ2v) is 6.04. The summed E-state index contributed by atoms with van der Waals surface area (Å²) in [5, 5.41) is 2.49. The Labute approximate surface area is 144 Å². The number of benzene rings is 2. The van der Waals surface area contributed by atoms with Crippen molar-refractivity contribution in [3.05, 3.63) is 59.7 Å². The van der Waals surface area contributed by atoms with Crippen molar-refractivity contribution < 1.29 is 18.4 Å². The van der Waals surface area contributed by atoms with Crippen molar-refractivity contribution in [2.45, 2.75) is 19.8 Å². The first-order valence-corrected chi connectivity index (χ1v) is 8.13. The van der Waals surface area contributed by atoms with Crippen molar-refractivity contribution in [2.24, 2.45) is 5.92 Å². The molecule has 1 aliphatic rings. The number of para-hydroxylation sites is 1. The highest BCUT2D eigenvalue weighted by atomic mass is 19.1. The van der Waals surface area contributed by atoms with Crippen molar-refractivity contribution >= 4 is 23.2 Å². The SMILES string of the molecule is CCc1ccccc1N1CC(C(=O)Nc2cc(F)cc(F)c2)CC1=O. The molecule has 130 valence electrons. The minimum absolute atomic E-state index is 0.0438. The highest BCUT2D eigenvalue weighted by molar-refractivity contribution is 6.03. The van der Waals surface area contributed by atoms with E-state index in [1.54, 1.807) is 4.90 Å². The number of nitrogens with zero attached hydrogens (tertiary/aromatic N) is 1. The maximum absolute atomic E-state index is 13.2. The van der Waals surface area contributed by atoms with Crippen molar-refractivity contribution in [1.29, 1.82) is 0 Å². The maximum atomic E-state index is 13.2. The average Bonchev–Trinajstić information content (AvgIpc) is 2.95. The standard InChI is InChI=1S/C19H18F2N2O2/c1-2-12-5-3-4-6-17(12)23-11-13(7-18(23)24)19(25)22-16-9-14(20)8-15(21)10-16/h3-6,8-10,13H,2,7,11H2,1H3,(H,22,25). The lowest BCUT2D eigenvalue weighted by Crippen LogP contribution is -2.28. The van der Waals surface area contributed by atoms with E-state index in [-0.39, 0.29) is 24.6 Å². The minimum Gasteiger partial charge on any atom is -0.326 e. The summed E-state index contributed by atoms with van der Waals surface area (Å²) < 4.78 is 26.5. The van der Waals surface area contributed by atoms with Crippen LogP contribution < -0.4 is 10.2 Å². The van der Waals surface area contributed by atoms with Gasteiger partial charge in [0.25, 0.3) is 0 Å². The molecule has 2 aromatic rings. The Morgan fingerprint density at radius 1 is 1.20 bits per heavy atom. The van der Waals surface area contributed by atoms with E-state index in [1.807, 2.05) is 31.2 Å². The number of amides is 2. The van der Waals surface area contributed by atoms with Gasteiger partial charge in [0.1, 0.15) is 11.6 Å². The topological polar surface area (TPSA) is 49.4 Å². The van der Waals surface area contributed by atoms with E-state index in [4.69, 9.17) is 0 Å². The lowest BCUT2D eigenvalue weighted by molar-refractivity contribution is -0.122. The zero-order valence-electron chi connectivity index (χ0n) is 13.8. The molecule has 0 radical (unpaired) electrons. The van der Waals surface area contributed by atoms with E-state index in [1.165, 1.54) is 0 Å². The lowest BCUT2D eigenvalue weighted by Gasteiger charge is -2.20. The second-order valence-electron chi connectivity index (χ2n) is 6.04. The summed E-state index contributed by atoms with van der Waals surface area (Å²) in [5.74, 6) is -2.65. The smallest absolute Gasteiger partial charge is 0.229 e. The van der Waals surface area contributed by atoms with Crippen LogP contribution in [-0.4, -0.2) is 18.4 Å². The van der Waals surface area contributed by atoms with Gasteiger partial charge in [-0.15, -0.1) is 0 Å². The molecule has 1 aliphatic heterocycles. The monoisotopic (exact) mass is 344 g/mol. The molecule has 1 saturated heterocycles. The highest BCUT2D eigenvalue weighted by Crippen LogP contribution is 2.29. The molecule has 0 saturated carbocycles. The Morgan fingerprint density at radius 2 is 1.88 bits per heavy atom. The molecule has 0 bridgehead atoms. The van der Waals surface area contributed by atoms with Crippen molar-refractivity contribution in [2.75, 3.05) is 16.8 Å². The lowest BCUT2D eigenvalue weighted by atomic mass is 10.1. The number of carbonyl (C=O) groups excluding carboxylic acids is 2. The molecule has 1 atom stereocenters. The Balaban J connectivity index is 1.74. The van der Waals surface area contributed by atoms with Crippen LogP contribution in [0.15, 0.2) is 42.5 Å². The van der Waals surface area contributed by atoms with Crippen molar-refractivity contribution in [3.63, 3.8) is 0 Å². The number of rotatable bonds is 4. The number of anilines is 2. The first kappa shape index (κ1) is 17.1. The molecule has 0 spiro atoms. The van der Waals surface area contributed by atoms with Crippen molar-refractivity contribution in [1.82, 2.24) is 0 Å². The number of carbonyl (C=O) groups is 2. The molecular weight excluding hydrogens is 326 g/mol. The van der Waals surface area contributed by atoms with Crippen LogP contribution in [0, 0.1) is 17.6 Å². The Hall–Kier alpha value is -2.76. The molecule has 1 N–H and O–H groups in total. The quantitative estimate of drug-likeness (QED) is 0.923. The van der Waals surface area contributed by atoms with Crippen LogP contribution in [0.4, 0.5) is 20.2 Å². The largest absolute Gasteiger partial charge is 0.326 e. The summed E-state index contributed by atoms with van der Waals surface area (Å²) in [6, 6.07) is 10.4. The van der Waals surface area contributed by atoms with Gasteiger partial charge in [0, 0.05) is 30.4 Å². The molecule has 1 fully saturated rings. The summed E-state index contributed by atoms with van der Waals surface area (Å²) in [6.07, 6.45) is 0.848. The molecule has 2 amide bonds. The van der Waals surface area contributed by atoms with Gasteiger partial charge in [-0.2, -0.15) is 0 Å². The van der Waals surface area contributed by atoms with Crippen LogP contribution in [0.3, 0.4) is 0 Å². The zero-order valence-corrected chi connectivity index (χ0v) is 13.8. The van der Waals surface area contributed by atoms with E-state index in [0.29, 0.717) is 0 Å².